The van der Waals surface area contributed by atoms with Crippen molar-refractivity contribution >= 4 is 39.0 Å². The van der Waals surface area contributed by atoms with Gasteiger partial charge in [-0.3, -0.25) is 0 Å². The van der Waals surface area contributed by atoms with Gasteiger partial charge in [-0.15, -0.1) is 11.3 Å². The van der Waals surface area contributed by atoms with Crippen LogP contribution < -0.4 is 4.74 Å². The van der Waals surface area contributed by atoms with Gasteiger partial charge in [-0.25, -0.2) is 9.78 Å². The lowest BCUT2D eigenvalue weighted by Crippen LogP contribution is -2.09. The third kappa shape index (κ3) is 2.04. The highest BCUT2D eigenvalue weighted by atomic mass is 35.5. The molecule has 0 bridgehead atoms. The number of aryl methyl sites for hydroxylation is 1. The minimum absolute atomic E-state index is 0.314. The first-order chi connectivity index (χ1) is 8.60. The van der Waals surface area contributed by atoms with Crippen LogP contribution >= 0.6 is 22.9 Å². The van der Waals surface area contributed by atoms with Crippen molar-refractivity contribution in [1.82, 2.24) is 4.98 Å². The number of carbonyl (C=O) groups is 1. The second-order valence-electron chi connectivity index (χ2n) is 3.59. The molecule has 2 aromatic rings. The summed E-state index contributed by atoms with van der Waals surface area (Å²) in [6.07, 6.45) is 0. The lowest BCUT2D eigenvalue weighted by molar-refractivity contribution is 0.0527. The first kappa shape index (κ1) is 13.1. The zero-order chi connectivity index (χ0) is 13.3. The minimum Gasteiger partial charge on any atom is -0.495 e. The summed E-state index contributed by atoms with van der Waals surface area (Å²) < 4.78 is 11.1. The zero-order valence-corrected chi connectivity index (χ0v) is 11.8. The van der Waals surface area contributed by atoms with Crippen molar-refractivity contribution in [2.75, 3.05) is 13.7 Å². The maximum atomic E-state index is 12.0. The van der Waals surface area contributed by atoms with Gasteiger partial charge in [0, 0.05) is 5.38 Å². The maximum absolute atomic E-state index is 12.0. The quantitative estimate of drug-likeness (QED) is 0.640. The number of aromatic nitrogens is 1. The number of methoxy groups -OCH3 is 1. The second kappa shape index (κ2) is 5.12. The van der Waals surface area contributed by atoms with E-state index in [0.29, 0.717) is 34.2 Å². The average Bonchev–Trinajstić information content (AvgIpc) is 2.73. The van der Waals surface area contributed by atoms with Gasteiger partial charge in [0.25, 0.3) is 0 Å². The molecule has 4 nitrogen and oxygen atoms in total. The molecule has 0 atom stereocenters. The summed E-state index contributed by atoms with van der Waals surface area (Å²) in [5, 5.41) is 2.86. The van der Waals surface area contributed by atoms with Crippen molar-refractivity contribution in [1.29, 1.82) is 0 Å². The number of carbonyl (C=O) groups excluding carboxylic acids is 1. The van der Waals surface area contributed by atoms with Crippen molar-refractivity contribution < 1.29 is 14.3 Å². The molecule has 0 saturated heterocycles. The van der Waals surface area contributed by atoms with E-state index in [2.05, 4.69) is 4.98 Å². The topological polar surface area (TPSA) is 48.4 Å². The Bertz CT molecular complexity index is 609. The van der Waals surface area contributed by atoms with E-state index >= 15 is 0 Å². The van der Waals surface area contributed by atoms with Gasteiger partial charge in [-0.2, -0.15) is 0 Å². The van der Waals surface area contributed by atoms with E-state index in [1.165, 1.54) is 11.3 Å². The molecule has 0 aliphatic carbocycles. The molecular weight excluding hydrogens is 274 g/mol. The zero-order valence-electron chi connectivity index (χ0n) is 10.2. The van der Waals surface area contributed by atoms with Crippen LogP contribution in [-0.4, -0.2) is 24.7 Å². The van der Waals surface area contributed by atoms with Gasteiger partial charge in [0.2, 0.25) is 0 Å². The summed E-state index contributed by atoms with van der Waals surface area (Å²) in [6.45, 7) is 3.81. The fourth-order valence-corrected chi connectivity index (χ4v) is 3.03. The molecule has 0 spiro atoms. The lowest BCUT2D eigenvalue weighted by Gasteiger charge is -2.08. The molecule has 0 saturated carbocycles. The predicted octanol–water partition coefficient (Wildman–Crippen LogP) is 3.44. The van der Waals surface area contributed by atoms with E-state index in [9.17, 15) is 4.79 Å². The van der Waals surface area contributed by atoms with Gasteiger partial charge in [0.05, 0.1) is 35.1 Å². The number of pyridine rings is 1. The number of fused-ring (bicyclic) bond motifs is 1. The fraction of sp³-hybridized carbons (Fsp3) is 0.333. The number of hydrogen-bond donors (Lipinski definition) is 0. The van der Waals surface area contributed by atoms with Crippen molar-refractivity contribution in [3.8, 4) is 5.75 Å². The van der Waals surface area contributed by atoms with E-state index in [0.717, 1.165) is 4.70 Å². The first-order valence-corrected chi connectivity index (χ1v) is 6.64. The number of rotatable bonds is 3. The summed E-state index contributed by atoms with van der Waals surface area (Å²) in [7, 11) is 1.56. The van der Waals surface area contributed by atoms with Gasteiger partial charge < -0.3 is 9.47 Å². The van der Waals surface area contributed by atoms with Crippen LogP contribution in [0.5, 0.6) is 5.75 Å². The maximum Gasteiger partial charge on any atom is 0.340 e. The molecule has 0 aliphatic rings. The molecule has 0 N–H and O–H groups in total. The molecule has 0 aromatic carbocycles. The van der Waals surface area contributed by atoms with Crippen molar-refractivity contribution in [3.05, 3.63) is 21.8 Å². The first-order valence-electron chi connectivity index (χ1n) is 5.38. The Hall–Kier alpha value is -1.33. The minimum atomic E-state index is -0.402. The Labute approximate surface area is 113 Å². The van der Waals surface area contributed by atoms with Gasteiger partial charge in [-0.05, 0) is 13.8 Å². The van der Waals surface area contributed by atoms with Crippen LogP contribution in [0.3, 0.4) is 0 Å². The van der Waals surface area contributed by atoms with Crippen LogP contribution in [0.4, 0.5) is 0 Å². The largest absolute Gasteiger partial charge is 0.495 e. The van der Waals surface area contributed by atoms with E-state index < -0.39 is 5.97 Å². The molecule has 18 heavy (non-hydrogen) atoms. The van der Waals surface area contributed by atoms with Crippen LogP contribution in [0.1, 0.15) is 23.0 Å². The summed E-state index contributed by atoms with van der Waals surface area (Å²) >= 11 is 7.47. The van der Waals surface area contributed by atoms with Gasteiger partial charge in [-0.1, -0.05) is 11.6 Å². The summed E-state index contributed by atoms with van der Waals surface area (Å²) in [5.41, 5.74) is 0.969. The van der Waals surface area contributed by atoms with Gasteiger partial charge in [0.1, 0.15) is 10.9 Å². The van der Waals surface area contributed by atoms with E-state index in [1.807, 2.05) is 0 Å². The Morgan fingerprint density at radius 2 is 2.28 bits per heavy atom. The fourth-order valence-electron chi connectivity index (χ4n) is 1.77. The van der Waals surface area contributed by atoms with Gasteiger partial charge in [0.15, 0.2) is 0 Å². The Balaban J connectivity index is 2.77. The van der Waals surface area contributed by atoms with Crippen LogP contribution in [0, 0.1) is 6.92 Å². The van der Waals surface area contributed by atoms with Crippen LogP contribution in [0.2, 0.25) is 5.15 Å². The van der Waals surface area contributed by atoms with Crippen molar-refractivity contribution in [2.24, 2.45) is 0 Å². The number of thiophene rings is 1. The molecule has 0 radical (unpaired) electrons. The van der Waals surface area contributed by atoms with Crippen LogP contribution in [0.15, 0.2) is 5.38 Å². The molecule has 0 unspecified atom stereocenters. The van der Waals surface area contributed by atoms with Crippen molar-refractivity contribution in [2.45, 2.75) is 13.8 Å². The smallest absolute Gasteiger partial charge is 0.340 e. The van der Waals surface area contributed by atoms with E-state index in [-0.39, 0.29) is 0 Å². The number of ether oxygens (including phenoxy) is 2. The average molecular weight is 286 g/mol. The Kier molecular flexibility index (Phi) is 3.73. The van der Waals surface area contributed by atoms with Crippen LogP contribution in [-0.2, 0) is 4.74 Å². The van der Waals surface area contributed by atoms with Crippen molar-refractivity contribution in [3.63, 3.8) is 0 Å². The lowest BCUT2D eigenvalue weighted by atomic mass is 10.1. The molecule has 0 amide bonds. The Morgan fingerprint density at radius 1 is 1.56 bits per heavy atom. The highest BCUT2D eigenvalue weighted by molar-refractivity contribution is 7.18. The highest BCUT2D eigenvalue weighted by Crippen LogP contribution is 2.39. The number of halogens is 1. The third-order valence-electron chi connectivity index (χ3n) is 2.52. The standard InChI is InChI=1S/C12H12ClNO3S/c1-4-17-12(15)8-6(2)14-11(13)10-9(8)7(16-3)5-18-10/h5H,4H2,1-3H3. The third-order valence-corrected chi connectivity index (χ3v) is 3.87. The number of nitrogens with zero attached hydrogens (tertiary/aromatic N) is 1. The molecule has 96 valence electrons. The molecule has 6 heteroatoms. The van der Waals surface area contributed by atoms with E-state index in [4.69, 9.17) is 21.1 Å². The summed E-state index contributed by atoms with van der Waals surface area (Å²) in [4.78, 5) is 16.2. The second-order valence-corrected chi connectivity index (χ2v) is 4.83. The summed E-state index contributed by atoms with van der Waals surface area (Å²) in [6, 6.07) is 0. The monoisotopic (exact) mass is 285 g/mol. The molecule has 0 aliphatic heterocycles. The van der Waals surface area contributed by atoms with E-state index in [1.54, 1.807) is 26.3 Å². The molecular formula is C12H12ClNO3S. The van der Waals surface area contributed by atoms with Gasteiger partial charge >= 0.3 is 5.97 Å². The normalized spacial score (nSPS) is 10.7. The molecule has 2 rings (SSSR count). The number of hydrogen-bond acceptors (Lipinski definition) is 5. The molecule has 2 heterocycles. The summed E-state index contributed by atoms with van der Waals surface area (Å²) in [5.74, 6) is 0.214. The highest BCUT2D eigenvalue weighted by Gasteiger charge is 2.22. The Morgan fingerprint density at radius 3 is 2.89 bits per heavy atom. The predicted molar refractivity (Wildman–Crippen MR) is 71.9 cm³/mol. The molecule has 0 fully saturated rings. The van der Waals surface area contributed by atoms with Crippen LogP contribution in [0.25, 0.3) is 10.1 Å². The number of esters is 1. The SMILES string of the molecule is CCOC(=O)c1c(C)nc(Cl)c2scc(OC)c12. The molecule has 2 aromatic heterocycles.